The molecule has 0 amide bonds. The highest BCUT2D eigenvalue weighted by Crippen LogP contribution is 2.02. The lowest BCUT2D eigenvalue weighted by atomic mass is 10.2. The van der Waals surface area contributed by atoms with Crippen molar-refractivity contribution in [2.75, 3.05) is 20.3 Å². The van der Waals surface area contributed by atoms with E-state index in [0.717, 1.165) is 0 Å². The minimum atomic E-state index is -0.323. The number of hydrogen-bond acceptors (Lipinski definition) is 3. The second kappa shape index (κ2) is 7.70. The van der Waals surface area contributed by atoms with Crippen molar-refractivity contribution >= 4 is 23.5 Å². The molecular weight excluding hydrogens is 241 g/mol. The molecular formula is C11H14FN3OS. The first-order valence-corrected chi connectivity index (χ1v) is 5.45. The van der Waals surface area contributed by atoms with Crippen LogP contribution in [0.5, 0.6) is 0 Å². The third-order valence-corrected chi connectivity index (χ3v) is 2.10. The van der Waals surface area contributed by atoms with E-state index in [4.69, 9.17) is 17.0 Å². The van der Waals surface area contributed by atoms with Gasteiger partial charge in [-0.25, -0.2) is 4.39 Å². The van der Waals surface area contributed by atoms with Crippen molar-refractivity contribution in [3.63, 3.8) is 0 Å². The number of rotatable bonds is 5. The van der Waals surface area contributed by atoms with Crippen molar-refractivity contribution in [3.8, 4) is 0 Å². The molecule has 0 aliphatic rings. The van der Waals surface area contributed by atoms with Gasteiger partial charge in [0.2, 0.25) is 0 Å². The molecule has 0 bridgehead atoms. The van der Waals surface area contributed by atoms with Gasteiger partial charge in [-0.15, -0.1) is 0 Å². The molecule has 0 spiro atoms. The lowest BCUT2D eigenvalue weighted by Gasteiger charge is -2.05. The van der Waals surface area contributed by atoms with Crippen LogP contribution in [0, 0.1) is 5.82 Å². The Morgan fingerprint density at radius 3 is 3.00 bits per heavy atom. The normalized spacial score (nSPS) is 10.5. The molecule has 1 rings (SSSR count). The average molecular weight is 255 g/mol. The van der Waals surface area contributed by atoms with Gasteiger partial charge in [0.05, 0.1) is 12.8 Å². The fraction of sp³-hybridized carbons (Fsp3) is 0.273. The van der Waals surface area contributed by atoms with Crippen molar-refractivity contribution in [2.24, 2.45) is 5.10 Å². The van der Waals surface area contributed by atoms with Crippen LogP contribution in [0.2, 0.25) is 0 Å². The number of nitrogens with one attached hydrogen (secondary N) is 2. The van der Waals surface area contributed by atoms with E-state index < -0.39 is 0 Å². The SMILES string of the molecule is COCCNC(=S)NN=Cc1ccccc1F. The van der Waals surface area contributed by atoms with E-state index in [1.165, 1.54) is 12.3 Å². The van der Waals surface area contributed by atoms with E-state index in [1.807, 2.05) is 0 Å². The van der Waals surface area contributed by atoms with Crippen LogP contribution in [-0.2, 0) is 4.74 Å². The summed E-state index contributed by atoms with van der Waals surface area (Å²) in [5.41, 5.74) is 2.99. The molecule has 2 N–H and O–H groups in total. The largest absolute Gasteiger partial charge is 0.383 e. The first-order chi connectivity index (χ1) is 8.24. The monoisotopic (exact) mass is 255 g/mol. The minimum absolute atomic E-state index is 0.323. The Labute approximate surface area is 105 Å². The van der Waals surface area contributed by atoms with Gasteiger partial charge in [-0.3, -0.25) is 5.43 Å². The molecule has 0 radical (unpaired) electrons. The van der Waals surface area contributed by atoms with E-state index >= 15 is 0 Å². The molecule has 92 valence electrons. The van der Waals surface area contributed by atoms with Gasteiger partial charge >= 0.3 is 0 Å². The number of hydrazone groups is 1. The lowest BCUT2D eigenvalue weighted by Crippen LogP contribution is -2.34. The molecule has 0 aliphatic heterocycles. The Morgan fingerprint density at radius 1 is 1.53 bits per heavy atom. The highest BCUT2D eigenvalue weighted by Gasteiger charge is 1.96. The van der Waals surface area contributed by atoms with Crippen LogP contribution in [-0.4, -0.2) is 31.6 Å². The van der Waals surface area contributed by atoms with Crippen LogP contribution in [0.3, 0.4) is 0 Å². The zero-order valence-electron chi connectivity index (χ0n) is 9.44. The zero-order chi connectivity index (χ0) is 12.5. The maximum atomic E-state index is 13.2. The summed E-state index contributed by atoms with van der Waals surface area (Å²) in [4.78, 5) is 0. The highest BCUT2D eigenvalue weighted by molar-refractivity contribution is 7.80. The number of nitrogens with zero attached hydrogens (tertiary/aromatic N) is 1. The summed E-state index contributed by atoms with van der Waals surface area (Å²) in [5.74, 6) is -0.323. The summed E-state index contributed by atoms with van der Waals surface area (Å²) >= 11 is 4.93. The van der Waals surface area contributed by atoms with Gasteiger partial charge in [0, 0.05) is 19.2 Å². The predicted molar refractivity (Wildman–Crippen MR) is 69.6 cm³/mol. The predicted octanol–water partition coefficient (Wildman–Crippen LogP) is 1.27. The fourth-order valence-electron chi connectivity index (χ4n) is 1.05. The summed E-state index contributed by atoms with van der Waals surface area (Å²) < 4.78 is 18.0. The molecule has 0 aromatic heterocycles. The van der Waals surface area contributed by atoms with Crippen LogP contribution >= 0.6 is 12.2 Å². The van der Waals surface area contributed by atoms with E-state index in [0.29, 0.717) is 23.8 Å². The molecule has 6 heteroatoms. The molecule has 4 nitrogen and oxygen atoms in total. The second-order valence-corrected chi connectivity index (χ2v) is 3.55. The first-order valence-electron chi connectivity index (χ1n) is 5.04. The van der Waals surface area contributed by atoms with Crippen molar-refractivity contribution < 1.29 is 9.13 Å². The zero-order valence-corrected chi connectivity index (χ0v) is 10.3. The van der Waals surface area contributed by atoms with Crippen molar-refractivity contribution in [1.82, 2.24) is 10.7 Å². The van der Waals surface area contributed by atoms with Crippen LogP contribution in [0.25, 0.3) is 0 Å². The van der Waals surface area contributed by atoms with Gasteiger partial charge < -0.3 is 10.1 Å². The van der Waals surface area contributed by atoms with E-state index in [1.54, 1.807) is 25.3 Å². The number of ether oxygens (including phenoxy) is 1. The third-order valence-electron chi connectivity index (χ3n) is 1.87. The highest BCUT2D eigenvalue weighted by atomic mass is 32.1. The number of halogens is 1. The third kappa shape index (κ3) is 5.37. The molecule has 0 saturated heterocycles. The maximum absolute atomic E-state index is 13.2. The quantitative estimate of drug-likeness (QED) is 0.360. The van der Waals surface area contributed by atoms with Crippen molar-refractivity contribution in [1.29, 1.82) is 0 Å². The molecule has 17 heavy (non-hydrogen) atoms. The number of methoxy groups -OCH3 is 1. The van der Waals surface area contributed by atoms with E-state index in [9.17, 15) is 4.39 Å². The van der Waals surface area contributed by atoms with Gasteiger partial charge in [-0.2, -0.15) is 5.10 Å². The standard InChI is InChI=1S/C11H14FN3OS/c1-16-7-6-13-11(17)15-14-8-9-4-2-3-5-10(9)12/h2-5,8H,6-7H2,1H3,(H2,13,15,17). The van der Waals surface area contributed by atoms with E-state index in [2.05, 4.69) is 15.8 Å². The smallest absolute Gasteiger partial charge is 0.187 e. The minimum Gasteiger partial charge on any atom is -0.383 e. The summed E-state index contributed by atoms with van der Waals surface area (Å²) in [6.45, 7) is 1.15. The number of thiocarbonyl (C=S) groups is 1. The summed E-state index contributed by atoms with van der Waals surface area (Å²) in [6.07, 6.45) is 1.37. The van der Waals surface area contributed by atoms with Gasteiger partial charge in [0.15, 0.2) is 5.11 Å². The summed E-state index contributed by atoms with van der Waals surface area (Å²) in [5, 5.41) is 7.06. The van der Waals surface area contributed by atoms with Gasteiger partial charge in [-0.1, -0.05) is 18.2 Å². The molecule has 0 unspecified atom stereocenters. The summed E-state index contributed by atoms with van der Waals surface area (Å²) in [6, 6.07) is 6.36. The molecule has 0 saturated carbocycles. The Balaban J connectivity index is 2.35. The Bertz CT molecular complexity index is 398. The van der Waals surface area contributed by atoms with Crippen LogP contribution in [0.15, 0.2) is 29.4 Å². The van der Waals surface area contributed by atoms with Gasteiger partial charge in [0.25, 0.3) is 0 Å². The Morgan fingerprint density at radius 2 is 2.29 bits per heavy atom. The van der Waals surface area contributed by atoms with Crippen molar-refractivity contribution in [3.05, 3.63) is 35.6 Å². The molecule has 0 aliphatic carbocycles. The fourth-order valence-corrected chi connectivity index (χ4v) is 1.20. The molecule has 1 aromatic carbocycles. The van der Waals surface area contributed by atoms with Crippen LogP contribution in [0.1, 0.15) is 5.56 Å². The van der Waals surface area contributed by atoms with Crippen LogP contribution < -0.4 is 10.7 Å². The first kappa shape index (κ1) is 13.5. The topological polar surface area (TPSA) is 45.6 Å². The Kier molecular flexibility index (Phi) is 6.13. The maximum Gasteiger partial charge on any atom is 0.187 e. The van der Waals surface area contributed by atoms with Gasteiger partial charge in [-0.05, 0) is 18.3 Å². The second-order valence-electron chi connectivity index (χ2n) is 3.14. The lowest BCUT2D eigenvalue weighted by molar-refractivity contribution is 0.204. The number of benzene rings is 1. The van der Waals surface area contributed by atoms with Crippen LogP contribution in [0.4, 0.5) is 4.39 Å². The average Bonchev–Trinajstić information content (AvgIpc) is 2.32. The van der Waals surface area contributed by atoms with Gasteiger partial charge in [0.1, 0.15) is 5.82 Å². The van der Waals surface area contributed by atoms with Crippen molar-refractivity contribution in [2.45, 2.75) is 0 Å². The number of hydrogen-bond donors (Lipinski definition) is 2. The molecule has 0 heterocycles. The summed E-state index contributed by atoms with van der Waals surface area (Å²) in [7, 11) is 1.61. The molecule has 0 fully saturated rings. The molecule has 0 atom stereocenters. The van der Waals surface area contributed by atoms with E-state index in [-0.39, 0.29) is 5.82 Å². The Hall–Kier alpha value is -1.53. The molecule has 1 aromatic rings.